The first-order valence-electron chi connectivity index (χ1n) is 5.50. The van der Waals surface area contributed by atoms with Crippen LogP contribution >= 0.6 is 9.39 Å². The van der Waals surface area contributed by atoms with Crippen LogP contribution < -0.4 is 5.09 Å². The molecule has 0 bridgehead atoms. The SMILES string of the molecule is Cc1cc(Cc2ccccc2F)ccc1NP. The van der Waals surface area contributed by atoms with E-state index in [9.17, 15) is 4.39 Å². The van der Waals surface area contributed by atoms with Crippen LogP contribution in [-0.4, -0.2) is 0 Å². The molecule has 1 atom stereocenters. The van der Waals surface area contributed by atoms with E-state index in [-0.39, 0.29) is 5.82 Å². The maximum Gasteiger partial charge on any atom is 0.126 e. The lowest BCUT2D eigenvalue weighted by molar-refractivity contribution is 0.614. The van der Waals surface area contributed by atoms with Crippen molar-refractivity contribution in [3.8, 4) is 0 Å². The Morgan fingerprint density at radius 3 is 2.59 bits per heavy atom. The van der Waals surface area contributed by atoms with Crippen LogP contribution in [0.4, 0.5) is 10.1 Å². The average Bonchev–Trinajstić information content (AvgIpc) is 2.32. The molecule has 1 unspecified atom stereocenters. The maximum atomic E-state index is 13.5. The lowest BCUT2D eigenvalue weighted by atomic mass is 10.0. The second-order valence-electron chi connectivity index (χ2n) is 4.06. The van der Waals surface area contributed by atoms with Gasteiger partial charge in [0.15, 0.2) is 0 Å². The molecule has 17 heavy (non-hydrogen) atoms. The molecule has 2 aromatic carbocycles. The van der Waals surface area contributed by atoms with Gasteiger partial charge < -0.3 is 5.09 Å². The van der Waals surface area contributed by atoms with Crippen molar-refractivity contribution >= 4 is 15.1 Å². The van der Waals surface area contributed by atoms with Crippen molar-refractivity contribution in [2.75, 3.05) is 5.09 Å². The van der Waals surface area contributed by atoms with Gasteiger partial charge in [-0.05, 0) is 45.1 Å². The number of rotatable bonds is 3. The molecule has 0 fully saturated rings. The first-order chi connectivity index (χ1) is 8.20. The molecule has 2 aromatic rings. The Hall–Kier alpha value is -1.40. The molecule has 0 aliphatic carbocycles. The number of halogens is 1. The third kappa shape index (κ3) is 2.83. The molecule has 0 aromatic heterocycles. The molecule has 88 valence electrons. The van der Waals surface area contributed by atoms with E-state index < -0.39 is 0 Å². The molecule has 0 heterocycles. The normalized spacial score (nSPS) is 10.3. The molecule has 0 spiro atoms. The molecule has 1 N–H and O–H groups in total. The standard InChI is InChI=1S/C14H15FNP/c1-10-8-11(6-7-14(10)16-17)9-12-4-2-3-5-13(12)15/h2-8,16H,9,17H2,1H3. The van der Waals surface area contributed by atoms with Crippen LogP contribution in [0, 0.1) is 12.7 Å². The summed E-state index contributed by atoms with van der Waals surface area (Å²) in [5.41, 5.74) is 4.09. The van der Waals surface area contributed by atoms with Crippen molar-refractivity contribution < 1.29 is 4.39 Å². The summed E-state index contributed by atoms with van der Waals surface area (Å²) in [6.45, 7) is 2.04. The van der Waals surface area contributed by atoms with Gasteiger partial charge >= 0.3 is 0 Å². The summed E-state index contributed by atoms with van der Waals surface area (Å²) < 4.78 is 13.5. The molecule has 0 radical (unpaired) electrons. The van der Waals surface area contributed by atoms with E-state index in [0.717, 1.165) is 22.4 Å². The Bertz CT molecular complexity index is 525. The minimum Gasteiger partial charge on any atom is -0.369 e. The Morgan fingerprint density at radius 2 is 1.94 bits per heavy atom. The number of hydrogen-bond donors (Lipinski definition) is 1. The first kappa shape index (κ1) is 12.1. The van der Waals surface area contributed by atoms with Gasteiger partial charge in [0.05, 0.1) is 0 Å². The van der Waals surface area contributed by atoms with E-state index in [4.69, 9.17) is 0 Å². The highest BCUT2D eigenvalue weighted by Crippen LogP contribution is 2.20. The Kier molecular flexibility index (Phi) is 3.75. The number of anilines is 1. The highest BCUT2D eigenvalue weighted by molar-refractivity contribution is 7.18. The van der Waals surface area contributed by atoms with Crippen LogP contribution in [0.15, 0.2) is 42.5 Å². The maximum absolute atomic E-state index is 13.5. The molecule has 3 heteroatoms. The minimum absolute atomic E-state index is 0.140. The molecule has 1 nitrogen and oxygen atoms in total. The molecular weight excluding hydrogens is 232 g/mol. The second kappa shape index (κ2) is 5.29. The zero-order valence-electron chi connectivity index (χ0n) is 9.70. The van der Waals surface area contributed by atoms with E-state index in [0.29, 0.717) is 6.42 Å². The molecule has 0 aliphatic heterocycles. The van der Waals surface area contributed by atoms with Gasteiger partial charge in [-0.15, -0.1) is 0 Å². The molecule has 2 rings (SSSR count). The Morgan fingerprint density at radius 1 is 1.18 bits per heavy atom. The fourth-order valence-electron chi connectivity index (χ4n) is 1.86. The molecule has 0 amide bonds. The molecule has 0 saturated carbocycles. The second-order valence-corrected chi connectivity index (χ2v) is 4.35. The van der Waals surface area contributed by atoms with E-state index in [2.05, 4.69) is 20.5 Å². The quantitative estimate of drug-likeness (QED) is 0.810. The van der Waals surface area contributed by atoms with Gasteiger partial charge in [0.2, 0.25) is 0 Å². The number of aryl methyl sites for hydroxylation is 1. The van der Waals surface area contributed by atoms with E-state index in [1.165, 1.54) is 6.07 Å². The molecule has 0 aliphatic rings. The van der Waals surface area contributed by atoms with E-state index in [1.807, 2.05) is 31.2 Å². The Labute approximate surface area is 103 Å². The summed E-state index contributed by atoms with van der Waals surface area (Å²) in [5, 5.41) is 3.04. The van der Waals surface area contributed by atoms with Gasteiger partial charge in [-0.25, -0.2) is 4.39 Å². The highest BCUT2D eigenvalue weighted by Gasteiger charge is 2.03. The Balaban J connectivity index is 2.25. The molecular formula is C14H15FNP. The largest absolute Gasteiger partial charge is 0.369 e. The van der Waals surface area contributed by atoms with Gasteiger partial charge in [-0.1, -0.05) is 30.3 Å². The summed E-state index contributed by atoms with van der Waals surface area (Å²) in [7, 11) is 2.48. The topological polar surface area (TPSA) is 12.0 Å². The van der Waals surface area contributed by atoms with Crippen LogP contribution in [-0.2, 0) is 6.42 Å². The smallest absolute Gasteiger partial charge is 0.126 e. The van der Waals surface area contributed by atoms with Crippen LogP contribution in [0.5, 0.6) is 0 Å². The van der Waals surface area contributed by atoms with Crippen LogP contribution in [0.25, 0.3) is 0 Å². The van der Waals surface area contributed by atoms with Gasteiger partial charge in [-0.3, -0.25) is 0 Å². The monoisotopic (exact) mass is 247 g/mol. The minimum atomic E-state index is -0.140. The summed E-state index contributed by atoms with van der Waals surface area (Å²) >= 11 is 0. The van der Waals surface area contributed by atoms with Crippen LogP contribution in [0.2, 0.25) is 0 Å². The number of nitrogens with one attached hydrogen (secondary N) is 1. The van der Waals surface area contributed by atoms with Gasteiger partial charge in [0, 0.05) is 12.1 Å². The van der Waals surface area contributed by atoms with E-state index >= 15 is 0 Å². The first-order valence-corrected chi connectivity index (χ1v) is 6.08. The predicted octanol–water partition coefficient (Wildman–Crippen LogP) is 3.93. The van der Waals surface area contributed by atoms with Crippen LogP contribution in [0.3, 0.4) is 0 Å². The summed E-state index contributed by atoms with van der Waals surface area (Å²) in [6, 6.07) is 13.0. The summed E-state index contributed by atoms with van der Waals surface area (Å²) in [6.07, 6.45) is 0.630. The third-order valence-electron chi connectivity index (χ3n) is 2.80. The fraction of sp³-hybridized carbons (Fsp3) is 0.143. The summed E-state index contributed by atoms with van der Waals surface area (Å²) in [5.74, 6) is -0.140. The number of hydrogen-bond acceptors (Lipinski definition) is 1. The fourth-order valence-corrected chi connectivity index (χ4v) is 2.18. The highest BCUT2D eigenvalue weighted by atomic mass is 31.0. The molecule has 0 saturated heterocycles. The zero-order valence-corrected chi connectivity index (χ0v) is 10.9. The van der Waals surface area contributed by atoms with Crippen molar-refractivity contribution in [1.82, 2.24) is 0 Å². The third-order valence-corrected chi connectivity index (χ3v) is 3.11. The zero-order chi connectivity index (χ0) is 12.3. The average molecular weight is 247 g/mol. The van der Waals surface area contributed by atoms with Crippen molar-refractivity contribution in [3.05, 3.63) is 65.0 Å². The lowest BCUT2D eigenvalue weighted by Crippen LogP contribution is -1.94. The predicted molar refractivity (Wildman–Crippen MR) is 73.7 cm³/mol. The number of benzene rings is 2. The van der Waals surface area contributed by atoms with Gasteiger partial charge in [0.25, 0.3) is 0 Å². The van der Waals surface area contributed by atoms with Crippen molar-refractivity contribution in [3.63, 3.8) is 0 Å². The van der Waals surface area contributed by atoms with Gasteiger partial charge in [-0.2, -0.15) is 0 Å². The lowest BCUT2D eigenvalue weighted by Gasteiger charge is -2.08. The van der Waals surface area contributed by atoms with Crippen molar-refractivity contribution in [1.29, 1.82) is 0 Å². The summed E-state index contributed by atoms with van der Waals surface area (Å²) in [4.78, 5) is 0. The van der Waals surface area contributed by atoms with Crippen molar-refractivity contribution in [2.24, 2.45) is 0 Å². The van der Waals surface area contributed by atoms with Gasteiger partial charge in [0.1, 0.15) is 5.82 Å². The van der Waals surface area contributed by atoms with Crippen molar-refractivity contribution in [2.45, 2.75) is 13.3 Å². The van der Waals surface area contributed by atoms with E-state index in [1.54, 1.807) is 6.07 Å². The van der Waals surface area contributed by atoms with Crippen LogP contribution in [0.1, 0.15) is 16.7 Å².